The Kier molecular flexibility index (Phi) is 7.50. The predicted molar refractivity (Wildman–Crippen MR) is 82.9 cm³/mol. The minimum atomic E-state index is -4.49. The molecule has 1 N–H and O–H groups in total. The minimum Gasteiger partial charge on any atom is -0.462 e. The smallest absolute Gasteiger partial charge is 0.411 e. The number of non-ortho nitro benzene ring substituents is 1. The van der Waals surface area contributed by atoms with Crippen molar-refractivity contribution < 1.29 is 37.2 Å². The number of halogens is 3. The molecule has 0 aliphatic rings. The summed E-state index contributed by atoms with van der Waals surface area (Å²) >= 11 is 0. The largest absolute Gasteiger partial charge is 0.462 e. The molecule has 0 aliphatic heterocycles. The molecule has 0 aromatic heterocycles. The van der Waals surface area contributed by atoms with Crippen LogP contribution in [0.5, 0.6) is 0 Å². The van der Waals surface area contributed by atoms with E-state index in [0.717, 1.165) is 18.2 Å². The van der Waals surface area contributed by atoms with Crippen LogP contribution < -0.4 is 5.32 Å². The normalized spacial score (nSPS) is 12.3. The van der Waals surface area contributed by atoms with Gasteiger partial charge in [-0.15, -0.1) is 0 Å². The maximum absolute atomic E-state index is 12.2. The molecular formula is C15H17F3N2O6. The second-order valence-electron chi connectivity index (χ2n) is 5.25. The van der Waals surface area contributed by atoms with Crippen molar-refractivity contribution in [3.63, 3.8) is 0 Å². The number of nitro groups is 1. The van der Waals surface area contributed by atoms with Gasteiger partial charge in [0.05, 0.1) is 23.7 Å². The third-order valence-corrected chi connectivity index (χ3v) is 2.91. The molecule has 144 valence electrons. The summed E-state index contributed by atoms with van der Waals surface area (Å²) < 4.78 is 45.2. The molecule has 11 heteroatoms. The van der Waals surface area contributed by atoms with E-state index in [4.69, 9.17) is 4.74 Å². The molecule has 0 saturated heterocycles. The van der Waals surface area contributed by atoms with Crippen molar-refractivity contribution in [2.75, 3.05) is 19.8 Å². The number of nitrogens with one attached hydrogen (secondary N) is 1. The number of hydrogen-bond donors (Lipinski definition) is 1. The lowest BCUT2D eigenvalue weighted by atomic mass is 10.1. The lowest BCUT2D eigenvalue weighted by Gasteiger charge is -2.15. The molecule has 1 aromatic rings. The first-order valence-corrected chi connectivity index (χ1v) is 7.45. The molecule has 1 unspecified atom stereocenters. The van der Waals surface area contributed by atoms with E-state index in [9.17, 15) is 32.9 Å². The number of alkyl halides is 3. The van der Waals surface area contributed by atoms with Gasteiger partial charge in [-0.1, -0.05) is 0 Å². The second-order valence-corrected chi connectivity index (χ2v) is 5.25. The standard InChI is InChI=1S/C15H17F3N2O6/c1-3-26-14(22)11-4-10(5-12(6-11)20(23)24)13(21)19-9(2)7-25-8-15(16,17)18/h4-6,9H,3,7-8H2,1-2H3,(H,19,21). The lowest BCUT2D eigenvalue weighted by molar-refractivity contribution is -0.384. The molecule has 0 saturated carbocycles. The zero-order chi connectivity index (χ0) is 19.9. The summed E-state index contributed by atoms with van der Waals surface area (Å²) in [6.45, 7) is 1.11. The second kappa shape index (κ2) is 9.13. The summed E-state index contributed by atoms with van der Waals surface area (Å²) in [5.74, 6) is -1.64. The van der Waals surface area contributed by atoms with Crippen molar-refractivity contribution in [2.45, 2.75) is 26.1 Å². The number of amides is 1. The number of hydrogen-bond acceptors (Lipinski definition) is 6. The number of nitro benzene ring substituents is 1. The van der Waals surface area contributed by atoms with Crippen molar-refractivity contribution in [3.8, 4) is 0 Å². The minimum absolute atomic E-state index is 0.0383. The summed E-state index contributed by atoms with van der Waals surface area (Å²) in [4.78, 5) is 34.1. The van der Waals surface area contributed by atoms with Gasteiger partial charge in [0.25, 0.3) is 11.6 Å². The number of carbonyl (C=O) groups is 2. The molecule has 8 nitrogen and oxygen atoms in total. The first-order valence-electron chi connectivity index (χ1n) is 7.45. The fourth-order valence-electron chi connectivity index (χ4n) is 1.88. The highest BCUT2D eigenvalue weighted by atomic mass is 19.4. The van der Waals surface area contributed by atoms with Crippen molar-refractivity contribution in [3.05, 3.63) is 39.4 Å². The Hall–Kier alpha value is -2.69. The number of benzene rings is 1. The van der Waals surface area contributed by atoms with Crippen LogP contribution in [0.4, 0.5) is 18.9 Å². The summed E-state index contributed by atoms with van der Waals surface area (Å²) in [5.41, 5.74) is -0.890. The number of rotatable bonds is 8. The van der Waals surface area contributed by atoms with Crippen molar-refractivity contribution in [2.24, 2.45) is 0 Å². The monoisotopic (exact) mass is 378 g/mol. The highest BCUT2D eigenvalue weighted by molar-refractivity contribution is 5.99. The van der Waals surface area contributed by atoms with Crippen LogP contribution in [0.15, 0.2) is 18.2 Å². The fourth-order valence-corrected chi connectivity index (χ4v) is 1.88. The molecule has 0 spiro atoms. The Morgan fingerprint density at radius 1 is 1.27 bits per heavy atom. The third-order valence-electron chi connectivity index (χ3n) is 2.91. The Morgan fingerprint density at radius 3 is 2.42 bits per heavy atom. The van der Waals surface area contributed by atoms with Gasteiger partial charge in [-0.2, -0.15) is 13.2 Å². The van der Waals surface area contributed by atoms with Crippen LogP contribution in [-0.4, -0.2) is 48.8 Å². The van der Waals surface area contributed by atoms with Gasteiger partial charge >= 0.3 is 12.1 Å². The summed E-state index contributed by atoms with van der Waals surface area (Å²) in [6, 6.07) is 2.21. The molecule has 1 rings (SSSR count). The van der Waals surface area contributed by atoms with Gasteiger partial charge in [0.1, 0.15) is 6.61 Å². The first kappa shape index (κ1) is 21.4. The van der Waals surface area contributed by atoms with Crippen LogP contribution in [0.3, 0.4) is 0 Å². The van der Waals surface area contributed by atoms with Crippen LogP contribution in [0, 0.1) is 10.1 Å². The molecule has 0 aliphatic carbocycles. The number of nitrogens with zero attached hydrogens (tertiary/aromatic N) is 1. The topological polar surface area (TPSA) is 108 Å². The van der Waals surface area contributed by atoms with Crippen LogP contribution in [0.1, 0.15) is 34.6 Å². The summed E-state index contributed by atoms with van der Waals surface area (Å²) in [7, 11) is 0. The van der Waals surface area contributed by atoms with Gasteiger partial charge in [-0.05, 0) is 19.9 Å². The molecule has 1 amide bonds. The van der Waals surface area contributed by atoms with Gasteiger partial charge < -0.3 is 14.8 Å². The highest BCUT2D eigenvalue weighted by Crippen LogP contribution is 2.19. The zero-order valence-electron chi connectivity index (χ0n) is 14.0. The van der Waals surface area contributed by atoms with Crippen molar-refractivity contribution in [1.29, 1.82) is 0 Å². The number of esters is 1. The van der Waals surface area contributed by atoms with E-state index in [2.05, 4.69) is 10.1 Å². The quantitative estimate of drug-likeness (QED) is 0.423. The SMILES string of the molecule is CCOC(=O)c1cc(C(=O)NC(C)COCC(F)(F)F)cc([N+](=O)[O-])c1. The molecule has 1 aromatic carbocycles. The molecule has 0 radical (unpaired) electrons. The Bertz CT molecular complexity index is 678. The average Bonchev–Trinajstić information content (AvgIpc) is 2.53. The highest BCUT2D eigenvalue weighted by Gasteiger charge is 2.28. The molecular weight excluding hydrogens is 361 g/mol. The van der Waals surface area contributed by atoms with Crippen LogP contribution in [0.25, 0.3) is 0 Å². The molecule has 1 atom stereocenters. The van der Waals surface area contributed by atoms with E-state index in [-0.39, 0.29) is 17.7 Å². The zero-order valence-corrected chi connectivity index (χ0v) is 14.0. The molecule has 26 heavy (non-hydrogen) atoms. The Balaban J connectivity index is 2.86. The Labute approximate surface area is 146 Å². The van der Waals surface area contributed by atoms with Crippen LogP contribution >= 0.6 is 0 Å². The van der Waals surface area contributed by atoms with E-state index in [1.165, 1.54) is 6.92 Å². The van der Waals surface area contributed by atoms with Gasteiger partial charge in [-0.25, -0.2) is 4.79 Å². The van der Waals surface area contributed by atoms with Crippen LogP contribution in [-0.2, 0) is 9.47 Å². The van der Waals surface area contributed by atoms with E-state index in [1.807, 2.05) is 0 Å². The van der Waals surface area contributed by atoms with Gasteiger partial charge in [-0.3, -0.25) is 14.9 Å². The van der Waals surface area contributed by atoms with Gasteiger partial charge in [0.15, 0.2) is 0 Å². The number of ether oxygens (including phenoxy) is 2. The number of carbonyl (C=O) groups excluding carboxylic acids is 2. The predicted octanol–water partition coefficient (Wildman–Crippen LogP) is 2.47. The fraction of sp³-hybridized carbons (Fsp3) is 0.467. The Morgan fingerprint density at radius 2 is 1.88 bits per heavy atom. The first-order chi connectivity index (χ1) is 12.0. The molecule has 0 heterocycles. The maximum Gasteiger partial charge on any atom is 0.411 e. The van der Waals surface area contributed by atoms with Crippen molar-refractivity contribution in [1.82, 2.24) is 5.32 Å². The molecule has 0 fully saturated rings. The maximum atomic E-state index is 12.2. The van der Waals surface area contributed by atoms with E-state index in [1.54, 1.807) is 6.92 Å². The van der Waals surface area contributed by atoms with Gasteiger partial charge in [0.2, 0.25) is 0 Å². The van der Waals surface area contributed by atoms with Gasteiger partial charge in [0, 0.05) is 23.7 Å². The van der Waals surface area contributed by atoms with E-state index < -0.39 is 47.9 Å². The van der Waals surface area contributed by atoms with Crippen LogP contribution in [0.2, 0.25) is 0 Å². The van der Waals surface area contributed by atoms with E-state index >= 15 is 0 Å². The average molecular weight is 378 g/mol. The van der Waals surface area contributed by atoms with Crippen molar-refractivity contribution >= 4 is 17.6 Å². The van der Waals surface area contributed by atoms with E-state index in [0.29, 0.717) is 0 Å². The third kappa shape index (κ3) is 7.05. The summed E-state index contributed by atoms with van der Waals surface area (Å²) in [5, 5.41) is 13.3. The lowest BCUT2D eigenvalue weighted by Crippen LogP contribution is -2.37. The summed E-state index contributed by atoms with van der Waals surface area (Å²) in [6.07, 6.45) is -4.49. The molecule has 0 bridgehead atoms.